The highest BCUT2D eigenvalue weighted by Crippen LogP contribution is 2.12. The third-order valence-electron chi connectivity index (χ3n) is 2.78. The van der Waals surface area contributed by atoms with Crippen LogP contribution in [0.5, 0.6) is 0 Å². The van der Waals surface area contributed by atoms with Gasteiger partial charge >= 0.3 is 6.03 Å². The van der Waals surface area contributed by atoms with Crippen LogP contribution >= 0.6 is 0 Å². The number of aromatic nitrogens is 2. The minimum Gasteiger partial charge on any atom is -0.376 e. The summed E-state index contributed by atoms with van der Waals surface area (Å²) in [5.41, 5.74) is 1.54. The third kappa shape index (κ3) is 3.20. The number of nitrogens with one attached hydrogen (secondary N) is 2. The number of aryl methyl sites for hydroxylation is 2. The monoisotopic (exact) mass is 238 g/mol. The Kier molecular flexibility index (Phi) is 3.63. The lowest BCUT2D eigenvalue weighted by atomic mass is 10.2. The van der Waals surface area contributed by atoms with E-state index in [1.165, 1.54) is 0 Å². The number of hydrogen-bond donors (Lipinski definition) is 2. The molecule has 2 amide bonds. The second kappa shape index (κ2) is 5.18. The molecule has 2 heterocycles. The highest BCUT2D eigenvalue weighted by Gasteiger charge is 2.16. The van der Waals surface area contributed by atoms with Gasteiger partial charge < -0.3 is 15.4 Å². The zero-order valence-electron chi connectivity index (χ0n) is 10.2. The van der Waals surface area contributed by atoms with Crippen molar-refractivity contribution in [2.45, 2.75) is 25.9 Å². The van der Waals surface area contributed by atoms with Gasteiger partial charge in [0.05, 0.1) is 17.5 Å². The van der Waals surface area contributed by atoms with Gasteiger partial charge in [-0.15, -0.1) is 0 Å². The Morgan fingerprint density at radius 2 is 2.53 bits per heavy atom. The molecule has 17 heavy (non-hydrogen) atoms. The Morgan fingerprint density at radius 1 is 1.71 bits per heavy atom. The van der Waals surface area contributed by atoms with E-state index in [9.17, 15) is 4.79 Å². The maximum absolute atomic E-state index is 11.6. The first-order valence-corrected chi connectivity index (χ1v) is 5.82. The predicted molar refractivity (Wildman–Crippen MR) is 63.9 cm³/mol. The van der Waals surface area contributed by atoms with Crippen molar-refractivity contribution < 1.29 is 9.53 Å². The molecule has 1 aliphatic heterocycles. The van der Waals surface area contributed by atoms with Gasteiger partial charge in [0.1, 0.15) is 0 Å². The Hall–Kier alpha value is -1.56. The quantitative estimate of drug-likeness (QED) is 0.826. The minimum absolute atomic E-state index is 0.163. The fourth-order valence-electron chi connectivity index (χ4n) is 1.90. The molecule has 2 rings (SSSR count). The molecule has 0 aliphatic carbocycles. The molecule has 1 atom stereocenters. The molecular weight excluding hydrogens is 220 g/mol. The van der Waals surface area contributed by atoms with Crippen LogP contribution in [0.1, 0.15) is 18.5 Å². The van der Waals surface area contributed by atoms with Crippen LogP contribution in [0, 0.1) is 6.92 Å². The normalized spacial score (nSPS) is 19.3. The SMILES string of the molecule is Cc1nn(C)cc1NC(=O)NC[C@@H]1CCCO1. The molecule has 1 aromatic rings. The second-order valence-corrected chi connectivity index (χ2v) is 4.27. The zero-order valence-corrected chi connectivity index (χ0v) is 10.2. The highest BCUT2D eigenvalue weighted by atomic mass is 16.5. The van der Waals surface area contributed by atoms with Crippen molar-refractivity contribution in [1.29, 1.82) is 0 Å². The number of hydrogen-bond acceptors (Lipinski definition) is 3. The largest absolute Gasteiger partial charge is 0.376 e. The molecule has 0 radical (unpaired) electrons. The second-order valence-electron chi connectivity index (χ2n) is 4.27. The summed E-state index contributed by atoms with van der Waals surface area (Å²) in [5, 5.41) is 9.71. The molecule has 1 saturated heterocycles. The lowest BCUT2D eigenvalue weighted by Crippen LogP contribution is -2.35. The van der Waals surface area contributed by atoms with E-state index < -0.39 is 0 Å². The molecule has 1 aliphatic rings. The van der Waals surface area contributed by atoms with Crippen molar-refractivity contribution in [3.8, 4) is 0 Å². The van der Waals surface area contributed by atoms with Crippen molar-refractivity contribution in [2.75, 3.05) is 18.5 Å². The van der Waals surface area contributed by atoms with E-state index in [-0.39, 0.29) is 12.1 Å². The lowest BCUT2D eigenvalue weighted by Gasteiger charge is -2.11. The number of carbonyl (C=O) groups excluding carboxylic acids is 1. The van der Waals surface area contributed by atoms with Crippen molar-refractivity contribution in [1.82, 2.24) is 15.1 Å². The number of anilines is 1. The third-order valence-corrected chi connectivity index (χ3v) is 2.78. The molecule has 0 bridgehead atoms. The molecule has 0 saturated carbocycles. The molecular formula is C11H18N4O2. The summed E-state index contributed by atoms with van der Waals surface area (Å²) in [7, 11) is 1.82. The van der Waals surface area contributed by atoms with Crippen molar-refractivity contribution in [2.24, 2.45) is 7.05 Å². The molecule has 0 aromatic carbocycles. The summed E-state index contributed by atoms with van der Waals surface area (Å²) in [6, 6.07) is -0.211. The Balaban J connectivity index is 1.78. The lowest BCUT2D eigenvalue weighted by molar-refractivity contribution is 0.112. The smallest absolute Gasteiger partial charge is 0.319 e. The molecule has 6 heteroatoms. The van der Waals surface area contributed by atoms with E-state index in [0.29, 0.717) is 6.54 Å². The van der Waals surface area contributed by atoms with Gasteiger partial charge in [-0.25, -0.2) is 4.79 Å². The van der Waals surface area contributed by atoms with Crippen molar-refractivity contribution in [3.05, 3.63) is 11.9 Å². The van der Waals surface area contributed by atoms with Crippen LogP contribution in [-0.4, -0.2) is 35.1 Å². The summed E-state index contributed by atoms with van der Waals surface area (Å²) in [6.45, 7) is 3.22. The average Bonchev–Trinajstić information content (AvgIpc) is 2.87. The van der Waals surface area contributed by atoms with Crippen LogP contribution in [0.25, 0.3) is 0 Å². The van der Waals surface area contributed by atoms with Crippen molar-refractivity contribution in [3.63, 3.8) is 0 Å². The molecule has 0 spiro atoms. The summed E-state index contributed by atoms with van der Waals surface area (Å²) in [5.74, 6) is 0. The van der Waals surface area contributed by atoms with Gasteiger partial charge in [-0.1, -0.05) is 0 Å². The van der Waals surface area contributed by atoms with Gasteiger partial charge in [0.15, 0.2) is 0 Å². The summed E-state index contributed by atoms with van der Waals surface area (Å²) in [4.78, 5) is 11.6. The van der Waals surface area contributed by atoms with Crippen LogP contribution in [0.4, 0.5) is 10.5 Å². The Bertz CT molecular complexity index is 396. The first kappa shape index (κ1) is 11.9. The van der Waals surface area contributed by atoms with E-state index in [0.717, 1.165) is 30.8 Å². The van der Waals surface area contributed by atoms with Crippen LogP contribution < -0.4 is 10.6 Å². The van der Waals surface area contributed by atoms with Crippen LogP contribution in [0.2, 0.25) is 0 Å². The number of urea groups is 1. The zero-order chi connectivity index (χ0) is 12.3. The summed E-state index contributed by atoms with van der Waals surface area (Å²) >= 11 is 0. The van der Waals surface area contributed by atoms with Crippen LogP contribution in [0.15, 0.2) is 6.20 Å². The maximum atomic E-state index is 11.6. The molecule has 94 valence electrons. The fourth-order valence-corrected chi connectivity index (χ4v) is 1.90. The van der Waals surface area contributed by atoms with E-state index in [1.54, 1.807) is 10.9 Å². The fraction of sp³-hybridized carbons (Fsp3) is 0.636. The number of amides is 2. The Labute approximate surface area is 100 Å². The summed E-state index contributed by atoms with van der Waals surface area (Å²) < 4.78 is 7.09. The standard InChI is InChI=1S/C11H18N4O2/c1-8-10(7-15(2)14-8)13-11(16)12-6-9-4-3-5-17-9/h7,9H,3-6H2,1-2H3,(H2,12,13,16)/t9-/m0/s1. The van der Waals surface area contributed by atoms with Crippen LogP contribution in [-0.2, 0) is 11.8 Å². The molecule has 1 aromatic heterocycles. The van der Waals surface area contributed by atoms with E-state index in [4.69, 9.17) is 4.74 Å². The average molecular weight is 238 g/mol. The number of carbonyl (C=O) groups is 1. The van der Waals surface area contributed by atoms with E-state index >= 15 is 0 Å². The topological polar surface area (TPSA) is 68.2 Å². The van der Waals surface area contributed by atoms with E-state index in [1.807, 2.05) is 14.0 Å². The molecule has 6 nitrogen and oxygen atoms in total. The predicted octanol–water partition coefficient (Wildman–Crippen LogP) is 1.03. The maximum Gasteiger partial charge on any atom is 0.319 e. The molecule has 1 fully saturated rings. The van der Waals surface area contributed by atoms with Gasteiger partial charge in [-0.3, -0.25) is 4.68 Å². The highest BCUT2D eigenvalue weighted by molar-refractivity contribution is 5.89. The first-order valence-electron chi connectivity index (χ1n) is 5.82. The molecule has 2 N–H and O–H groups in total. The van der Waals surface area contributed by atoms with Crippen LogP contribution in [0.3, 0.4) is 0 Å². The van der Waals surface area contributed by atoms with Gasteiger partial charge in [0.25, 0.3) is 0 Å². The van der Waals surface area contributed by atoms with Crippen molar-refractivity contribution >= 4 is 11.7 Å². The molecule has 0 unspecified atom stereocenters. The van der Waals surface area contributed by atoms with Gasteiger partial charge in [0.2, 0.25) is 0 Å². The minimum atomic E-state index is -0.211. The van der Waals surface area contributed by atoms with E-state index in [2.05, 4.69) is 15.7 Å². The number of nitrogens with zero attached hydrogens (tertiary/aromatic N) is 2. The first-order chi connectivity index (χ1) is 8.15. The van der Waals surface area contributed by atoms with Gasteiger partial charge in [0, 0.05) is 26.4 Å². The summed E-state index contributed by atoms with van der Waals surface area (Å²) in [6.07, 6.45) is 4.04. The number of ether oxygens (including phenoxy) is 1. The van der Waals surface area contributed by atoms with Gasteiger partial charge in [-0.05, 0) is 19.8 Å². The Morgan fingerprint density at radius 3 is 3.12 bits per heavy atom. The van der Waals surface area contributed by atoms with Gasteiger partial charge in [-0.2, -0.15) is 5.10 Å². The number of rotatable bonds is 3.